The molecule has 0 aromatic heterocycles. The number of carbonyl (C=O) groups excluding carboxylic acids is 1. The fourth-order valence-corrected chi connectivity index (χ4v) is 0.979. The van der Waals surface area contributed by atoms with Crippen molar-refractivity contribution in [2.45, 2.75) is 6.42 Å². The van der Waals surface area contributed by atoms with E-state index in [2.05, 4.69) is 6.92 Å². The molecule has 11 heavy (non-hydrogen) atoms. The first-order chi connectivity index (χ1) is 5.25. The van der Waals surface area contributed by atoms with Crippen LogP contribution in [0.25, 0.3) is 0 Å². The van der Waals surface area contributed by atoms with E-state index < -0.39 is 0 Å². The van der Waals surface area contributed by atoms with Gasteiger partial charge in [0.2, 0.25) is 5.91 Å². The van der Waals surface area contributed by atoms with Crippen molar-refractivity contribution in [3.05, 3.63) is 42.3 Å². The summed E-state index contributed by atoms with van der Waals surface area (Å²) in [6.45, 7) is 3.69. The Balaban J connectivity index is 3.12. The summed E-state index contributed by atoms with van der Waals surface area (Å²) >= 11 is 0. The molecular formula is C9H10NO. The van der Waals surface area contributed by atoms with Gasteiger partial charge in [0.25, 0.3) is 0 Å². The van der Waals surface area contributed by atoms with Crippen molar-refractivity contribution in [2.24, 2.45) is 5.73 Å². The van der Waals surface area contributed by atoms with Crippen LogP contribution >= 0.6 is 0 Å². The minimum atomic E-state index is -0.385. The van der Waals surface area contributed by atoms with Crippen LogP contribution in [-0.2, 0) is 6.42 Å². The molecule has 1 rings (SSSR count). The number of carbonyl (C=O) groups is 1. The molecule has 0 aliphatic heterocycles. The van der Waals surface area contributed by atoms with Crippen LogP contribution in [-0.4, -0.2) is 5.91 Å². The lowest BCUT2D eigenvalue weighted by molar-refractivity contribution is 0.0999. The molecule has 0 bridgehead atoms. The molecule has 0 fully saturated rings. The lowest BCUT2D eigenvalue weighted by Crippen LogP contribution is -2.13. The van der Waals surface area contributed by atoms with Crippen molar-refractivity contribution < 1.29 is 4.79 Å². The van der Waals surface area contributed by atoms with Gasteiger partial charge in [-0.1, -0.05) is 18.2 Å². The largest absolute Gasteiger partial charge is 0.366 e. The highest BCUT2D eigenvalue weighted by Crippen LogP contribution is 2.07. The van der Waals surface area contributed by atoms with E-state index in [0.717, 1.165) is 5.56 Å². The third kappa shape index (κ3) is 1.58. The van der Waals surface area contributed by atoms with E-state index in [-0.39, 0.29) is 5.91 Å². The fourth-order valence-electron chi connectivity index (χ4n) is 0.979. The van der Waals surface area contributed by atoms with Crippen LogP contribution in [0.2, 0.25) is 0 Å². The van der Waals surface area contributed by atoms with Crippen LogP contribution in [0.4, 0.5) is 0 Å². The lowest BCUT2D eigenvalue weighted by atomic mass is 10.1. The number of primary amides is 1. The van der Waals surface area contributed by atoms with Crippen LogP contribution in [0.3, 0.4) is 0 Å². The second-order valence-electron chi connectivity index (χ2n) is 2.27. The van der Waals surface area contributed by atoms with E-state index in [1.54, 1.807) is 12.1 Å². The summed E-state index contributed by atoms with van der Waals surface area (Å²) in [5.74, 6) is -0.385. The van der Waals surface area contributed by atoms with Gasteiger partial charge in [-0.3, -0.25) is 4.79 Å². The average molecular weight is 148 g/mol. The van der Waals surface area contributed by atoms with E-state index in [1.165, 1.54) is 0 Å². The maximum Gasteiger partial charge on any atom is 0.248 e. The molecule has 0 atom stereocenters. The van der Waals surface area contributed by atoms with Crippen molar-refractivity contribution in [2.75, 3.05) is 0 Å². The van der Waals surface area contributed by atoms with Gasteiger partial charge < -0.3 is 5.73 Å². The molecule has 0 unspecified atom stereocenters. The summed E-state index contributed by atoms with van der Waals surface area (Å²) in [5, 5.41) is 0. The van der Waals surface area contributed by atoms with Gasteiger partial charge in [-0.2, -0.15) is 0 Å². The number of rotatable bonds is 2. The molecule has 0 saturated heterocycles. The van der Waals surface area contributed by atoms with E-state index >= 15 is 0 Å². The van der Waals surface area contributed by atoms with Gasteiger partial charge in [-0.15, -0.1) is 0 Å². The third-order valence-corrected chi connectivity index (χ3v) is 1.55. The van der Waals surface area contributed by atoms with Crippen LogP contribution in [0.5, 0.6) is 0 Å². The molecular weight excluding hydrogens is 138 g/mol. The van der Waals surface area contributed by atoms with Crippen molar-refractivity contribution in [1.82, 2.24) is 0 Å². The minimum absolute atomic E-state index is 0.385. The molecule has 1 aromatic carbocycles. The SMILES string of the molecule is [CH2]Cc1ccccc1C(N)=O. The molecule has 0 aliphatic rings. The predicted molar refractivity (Wildman–Crippen MR) is 44.0 cm³/mol. The molecule has 1 amide bonds. The lowest BCUT2D eigenvalue weighted by Gasteiger charge is -2.01. The Morgan fingerprint density at radius 1 is 1.45 bits per heavy atom. The topological polar surface area (TPSA) is 43.1 Å². The van der Waals surface area contributed by atoms with Gasteiger partial charge in [-0.25, -0.2) is 0 Å². The molecule has 2 heteroatoms. The maximum atomic E-state index is 10.8. The first-order valence-electron chi connectivity index (χ1n) is 3.42. The van der Waals surface area contributed by atoms with Crippen molar-refractivity contribution in [3.8, 4) is 0 Å². The molecule has 0 aliphatic carbocycles. The molecule has 2 nitrogen and oxygen atoms in total. The van der Waals surface area contributed by atoms with Crippen LogP contribution in [0.15, 0.2) is 24.3 Å². The van der Waals surface area contributed by atoms with Crippen LogP contribution in [0.1, 0.15) is 15.9 Å². The van der Waals surface area contributed by atoms with Gasteiger partial charge in [0.15, 0.2) is 0 Å². The van der Waals surface area contributed by atoms with Gasteiger partial charge >= 0.3 is 0 Å². The van der Waals surface area contributed by atoms with E-state index in [1.807, 2.05) is 12.1 Å². The number of hydrogen-bond acceptors (Lipinski definition) is 1. The van der Waals surface area contributed by atoms with Gasteiger partial charge in [-0.05, 0) is 25.0 Å². The zero-order valence-electron chi connectivity index (χ0n) is 6.21. The second kappa shape index (κ2) is 3.19. The predicted octanol–water partition coefficient (Wildman–Crippen LogP) is 1.16. The Bertz CT molecular complexity index is 268. The average Bonchev–Trinajstić information content (AvgIpc) is 2.04. The van der Waals surface area contributed by atoms with E-state index in [0.29, 0.717) is 12.0 Å². The molecule has 0 heterocycles. The Kier molecular flexibility index (Phi) is 2.26. The summed E-state index contributed by atoms with van der Waals surface area (Å²) < 4.78 is 0. The van der Waals surface area contributed by atoms with Crippen molar-refractivity contribution in [1.29, 1.82) is 0 Å². The molecule has 1 radical (unpaired) electrons. The summed E-state index contributed by atoms with van der Waals surface area (Å²) in [7, 11) is 0. The molecule has 0 saturated carbocycles. The standard InChI is InChI=1S/C9H10NO/c1-2-7-5-3-4-6-8(7)9(10)11/h3-6H,1-2H2,(H2,10,11). The number of hydrogen-bond donors (Lipinski definition) is 1. The third-order valence-electron chi connectivity index (χ3n) is 1.55. The quantitative estimate of drug-likeness (QED) is 0.672. The number of benzene rings is 1. The number of nitrogens with two attached hydrogens (primary N) is 1. The highest BCUT2D eigenvalue weighted by atomic mass is 16.1. The van der Waals surface area contributed by atoms with Gasteiger partial charge in [0, 0.05) is 5.56 Å². The highest BCUT2D eigenvalue weighted by molar-refractivity contribution is 5.94. The number of amides is 1. The molecule has 2 N–H and O–H groups in total. The van der Waals surface area contributed by atoms with E-state index in [9.17, 15) is 4.79 Å². The van der Waals surface area contributed by atoms with E-state index in [4.69, 9.17) is 5.73 Å². The van der Waals surface area contributed by atoms with Gasteiger partial charge in [0.05, 0.1) is 0 Å². The monoisotopic (exact) mass is 148 g/mol. The fraction of sp³-hybridized carbons (Fsp3) is 0.111. The summed E-state index contributed by atoms with van der Waals surface area (Å²) in [6, 6.07) is 7.22. The minimum Gasteiger partial charge on any atom is -0.366 e. The smallest absolute Gasteiger partial charge is 0.248 e. The molecule has 1 aromatic rings. The molecule has 57 valence electrons. The van der Waals surface area contributed by atoms with Crippen molar-refractivity contribution in [3.63, 3.8) is 0 Å². The Hall–Kier alpha value is -1.31. The van der Waals surface area contributed by atoms with Crippen LogP contribution < -0.4 is 5.73 Å². The highest BCUT2D eigenvalue weighted by Gasteiger charge is 2.03. The Labute approximate surface area is 66.0 Å². The first-order valence-corrected chi connectivity index (χ1v) is 3.42. The second-order valence-corrected chi connectivity index (χ2v) is 2.27. The summed E-state index contributed by atoms with van der Waals surface area (Å²) in [4.78, 5) is 10.8. The van der Waals surface area contributed by atoms with Gasteiger partial charge in [0.1, 0.15) is 0 Å². The Morgan fingerprint density at radius 3 is 2.55 bits per heavy atom. The summed E-state index contributed by atoms with van der Waals surface area (Å²) in [5.41, 5.74) is 6.60. The normalized spacial score (nSPS) is 9.55. The Morgan fingerprint density at radius 2 is 2.09 bits per heavy atom. The molecule has 0 spiro atoms. The van der Waals surface area contributed by atoms with Crippen molar-refractivity contribution >= 4 is 5.91 Å². The first kappa shape index (κ1) is 7.79. The van der Waals surface area contributed by atoms with Crippen LogP contribution in [0, 0.1) is 6.92 Å². The maximum absolute atomic E-state index is 10.8. The zero-order valence-corrected chi connectivity index (χ0v) is 6.21. The zero-order chi connectivity index (χ0) is 8.27. The summed E-state index contributed by atoms with van der Waals surface area (Å²) in [6.07, 6.45) is 0.596.